The first-order valence-electron chi connectivity index (χ1n) is 11.3. The van der Waals surface area contributed by atoms with E-state index in [0.717, 1.165) is 21.8 Å². The molecule has 0 bridgehead atoms. The summed E-state index contributed by atoms with van der Waals surface area (Å²) >= 11 is 6.60. The lowest BCUT2D eigenvalue weighted by Crippen LogP contribution is -2.18. The van der Waals surface area contributed by atoms with Gasteiger partial charge in [-0.05, 0) is 91.7 Å². The third kappa shape index (κ3) is 6.11. The summed E-state index contributed by atoms with van der Waals surface area (Å²) in [6.07, 6.45) is 9.47. The molecule has 0 radical (unpaired) electrons. The molecule has 1 atom stereocenters. The van der Waals surface area contributed by atoms with Crippen molar-refractivity contribution in [2.24, 2.45) is 0 Å². The number of imidazole rings is 1. The van der Waals surface area contributed by atoms with Gasteiger partial charge >= 0.3 is 5.82 Å². The second-order valence-electron chi connectivity index (χ2n) is 8.49. The van der Waals surface area contributed by atoms with Crippen LogP contribution in [-0.2, 0) is 6.54 Å². The van der Waals surface area contributed by atoms with Crippen molar-refractivity contribution in [3.63, 3.8) is 0 Å². The number of aromatic nitrogens is 5. The van der Waals surface area contributed by atoms with Gasteiger partial charge in [-0.15, -0.1) is 0 Å². The van der Waals surface area contributed by atoms with Crippen molar-refractivity contribution in [3.8, 4) is 11.4 Å². The normalized spacial score (nSPS) is 14.0. The molecule has 9 nitrogen and oxygen atoms in total. The predicted molar refractivity (Wildman–Crippen MR) is 139 cm³/mol. The molecule has 1 aliphatic rings. The highest BCUT2D eigenvalue weighted by molar-refractivity contribution is 9.10. The molecule has 1 saturated carbocycles. The van der Waals surface area contributed by atoms with Crippen molar-refractivity contribution in [3.05, 3.63) is 91.0 Å². The molecule has 1 N–H and O–H groups in total. The van der Waals surface area contributed by atoms with E-state index < -0.39 is 22.7 Å². The molecule has 3 aromatic heterocycles. The molecule has 1 aliphatic carbocycles. The molecule has 3 heterocycles. The van der Waals surface area contributed by atoms with Gasteiger partial charge in [-0.25, -0.2) is 9.37 Å². The van der Waals surface area contributed by atoms with Gasteiger partial charge in [-0.2, -0.15) is 9.49 Å². The molecule has 0 saturated heterocycles. The van der Waals surface area contributed by atoms with Crippen molar-refractivity contribution in [2.45, 2.75) is 44.9 Å². The van der Waals surface area contributed by atoms with E-state index in [1.807, 2.05) is 17.0 Å². The van der Waals surface area contributed by atoms with Crippen LogP contribution in [0.15, 0.2) is 58.1 Å². The summed E-state index contributed by atoms with van der Waals surface area (Å²) in [7, 11) is 0. The molecule has 13 heteroatoms. The number of benzene rings is 1. The van der Waals surface area contributed by atoms with Gasteiger partial charge in [0.15, 0.2) is 6.20 Å². The van der Waals surface area contributed by atoms with Gasteiger partial charge in [0, 0.05) is 29.6 Å². The fourth-order valence-corrected chi connectivity index (χ4v) is 4.78. The number of nitro groups is 1. The van der Waals surface area contributed by atoms with E-state index in [2.05, 4.69) is 51.6 Å². The Balaban J connectivity index is 0.000000245. The molecular formula is C24H22Br2F2N6O3. The summed E-state index contributed by atoms with van der Waals surface area (Å²) in [5.41, 5.74) is 2.33. The van der Waals surface area contributed by atoms with Crippen LogP contribution in [0.5, 0.6) is 0 Å². The summed E-state index contributed by atoms with van der Waals surface area (Å²) in [5, 5.41) is 24.6. The average molecular weight is 640 g/mol. The second kappa shape index (κ2) is 11.6. The lowest BCUT2D eigenvalue weighted by atomic mass is 9.93. The van der Waals surface area contributed by atoms with Gasteiger partial charge in [0.2, 0.25) is 5.82 Å². The fraction of sp³-hybridized carbons (Fsp3) is 0.292. The molecule has 0 spiro atoms. The van der Waals surface area contributed by atoms with Crippen LogP contribution in [0.4, 0.5) is 14.6 Å². The highest BCUT2D eigenvalue weighted by Crippen LogP contribution is 2.35. The van der Waals surface area contributed by atoms with Crippen LogP contribution in [0.2, 0.25) is 0 Å². The molecule has 1 unspecified atom stereocenters. The number of hydrogen-bond donors (Lipinski definition) is 1. The Kier molecular flexibility index (Phi) is 8.45. The number of hydrogen-bond acceptors (Lipinski definition) is 6. The topological polar surface area (TPSA) is 112 Å². The number of aliphatic hydroxyl groups is 1. The van der Waals surface area contributed by atoms with E-state index in [9.17, 15) is 24.0 Å². The van der Waals surface area contributed by atoms with Crippen LogP contribution in [0.3, 0.4) is 0 Å². The summed E-state index contributed by atoms with van der Waals surface area (Å²) in [6, 6.07) is 5.90. The first-order chi connectivity index (χ1) is 17.7. The predicted octanol–water partition coefficient (Wildman–Crippen LogP) is 6.37. The number of nitrogens with zero attached hydrogens (tertiary/aromatic N) is 6. The Morgan fingerprint density at radius 1 is 1.22 bits per heavy atom. The van der Waals surface area contributed by atoms with Crippen molar-refractivity contribution in [2.75, 3.05) is 0 Å². The molecule has 1 fully saturated rings. The SMILES string of the molecule is CC(O)c1cc(F)ccc1-c1nccn1Cc1cnn(C2CCC2)c1Br.O=[N+]([O-])c1ncc(Br)cc1F. The smallest absolute Gasteiger partial charge is 0.389 e. The van der Waals surface area contributed by atoms with Crippen LogP contribution in [0.1, 0.15) is 49.5 Å². The standard InChI is InChI=1S/C19H20BrFN4O.C5H2BrFN2O2/c1-12(26)17-9-14(21)5-6-16(17)19-22-7-8-24(19)11-13-10-23-25(18(13)20)15-3-2-4-15;6-3-1-4(7)5(8-2-3)9(10)11/h5-10,12,15,26H,2-4,11H2,1H3;1-2H. The second-order valence-corrected chi connectivity index (χ2v) is 10.2. The summed E-state index contributed by atoms with van der Waals surface area (Å²) in [4.78, 5) is 16.8. The Hall–Kier alpha value is -3.03. The molecule has 4 aromatic rings. The fourth-order valence-electron chi connectivity index (χ4n) is 3.86. The lowest BCUT2D eigenvalue weighted by molar-refractivity contribution is -0.392. The van der Waals surface area contributed by atoms with E-state index in [4.69, 9.17) is 0 Å². The van der Waals surface area contributed by atoms with Crippen LogP contribution < -0.4 is 0 Å². The van der Waals surface area contributed by atoms with Gasteiger partial charge in [-0.3, -0.25) is 4.68 Å². The van der Waals surface area contributed by atoms with Crippen LogP contribution in [-0.4, -0.2) is 34.3 Å². The van der Waals surface area contributed by atoms with Gasteiger partial charge in [0.1, 0.15) is 16.2 Å². The Bertz CT molecular complexity index is 1420. The first kappa shape index (κ1) is 27.0. The molecule has 5 rings (SSSR count). The van der Waals surface area contributed by atoms with Gasteiger partial charge in [0.25, 0.3) is 0 Å². The minimum Gasteiger partial charge on any atom is -0.389 e. The lowest BCUT2D eigenvalue weighted by Gasteiger charge is -2.26. The first-order valence-corrected chi connectivity index (χ1v) is 12.9. The number of aliphatic hydroxyl groups excluding tert-OH is 1. The third-order valence-corrected chi connectivity index (χ3v) is 7.25. The number of rotatable bonds is 6. The Morgan fingerprint density at radius 2 is 1.97 bits per heavy atom. The van der Waals surface area contributed by atoms with Crippen LogP contribution in [0, 0.1) is 21.7 Å². The Morgan fingerprint density at radius 3 is 2.59 bits per heavy atom. The quantitative estimate of drug-likeness (QED) is 0.194. The van der Waals surface area contributed by atoms with E-state index in [1.165, 1.54) is 37.6 Å². The zero-order valence-electron chi connectivity index (χ0n) is 19.6. The van der Waals surface area contributed by atoms with Gasteiger partial charge < -0.3 is 19.8 Å². The number of pyridine rings is 1. The summed E-state index contributed by atoms with van der Waals surface area (Å²) < 4.78 is 31.6. The van der Waals surface area contributed by atoms with Crippen molar-refractivity contribution < 1.29 is 18.8 Å². The maximum Gasteiger partial charge on any atom is 0.399 e. The largest absolute Gasteiger partial charge is 0.399 e. The highest BCUT2D eigenvalue weighted by Gasteiger charge is 2.24. The van der Waals surface area contributed by atoms with Gasteiger partial charge in [0.05, 0.1) is 29.4 Å². The van der Waals surface area contributed by atoms with E-state index >= 15 is 0 Å². The summed E-state index contributed by atoms with van der Waals surface area (Å²) in [5.74, 6) is -1.37. The maximum absolute atomic E-state index is 13.6. The van der Waals surface area contributed by atoms with Gasteiger partial charge in [-0.1, -0.05) is 0 Å². The zero-order valence-corrected chi connectivity index (χ0v) is 22.7. The summed E-state index contributed by atoms with van der Waals surface area (Å²) in [6.45, 7) is 2.23. The van der Waals surface area contributed by atoms with E-state index in [0.29, 0.717) is 28.4 Å². The molecule has 0 aliphatic heterocycles. The van der Waals surface area contributed by atoms with Crippen LogP contribution in [0.25, 0.3) is 11.4 Å². The minimum absolute atomic E-state index is 0.368. The van der Waals surface area contributed by atoms with Crippen molar-refractivity contribution in [1.82, 2.24) is 24.3 Å². The maximum atomic E-state index is 13.6. The number of halogens is 4. The zero-order chi connectivity index (χ0) is 26.7. The van der Waals surface area contributed by atoms with Crippen molar-refractivity contribution >= 4 is 37.7 Å². The molecule has 37 heavy (non-hydrogen) atoms. The van der Waals surface area contributed by atoms with E-state index in [-0.39, 0.29) is 5.82 Å². The molecule has 194 valence electrons. The Labute approximate surface area is 227 Å². The monoisotopic (exact) mass is 638 g/mol. The van der Waals surface area contributed by atoms with Crippen molar-refractivity contribution in [1.29, 1.82) is 0 Å². The van der Waals surface area contributed by atoms with Crippen LogP contribution >= 0.6 is 31.9 Å². The third-order valence-electron chi connectivity index (χ3n) is 5.95. The molecular weight excluding hydrogens is 618 g/mol. The molecule has 1 aromatic carbocycles. The van der Waals surface area contributed by atoms with E-state index in [1.54, 1.807) is 19.2 Å². The highest BCUT2D eigenvalue weighted by atomic mass is 79.9. The minimum atomic E-state index is -0.940. The molecule has 0 amide bonds. The average Bonchev–Trinajstić information content (AvgIpc) is 3.40.